The summed E-state index contributed by atoms with van der Waals surface area (Å²) in [6.45, 7) is 2.32. The molecule has 0 aromatic heterocycles. The van der Waals surface area contributed by atoms with Crippen molar-refractivity contribution in [3.05, 3.63) is 77.9 Å². The molecule has 3 nitrogen and oxygen atoms in total. The van der Waals surface area contributed by atoms with Gasteiger partial charge in [0.2, 0.25) is 0 Å². The van der Waals surface area contributed by atoms with E-state index in [-0.39, 0.29) is 5.75 Å². The molecule has 23 heavy (non-hydrogen) atoms. The number of phenols is 1. The van der Waals surface area contributed by atoms with Gasteiger partial charge in [-0.25, -0.2) is 0 Å². The molecule has 0 atom stereocenters. The zero-order valence-corrected chi connectivity index (χ0v) is 12.9. The van der Waals surface area contributed by atoms with Crippen molar-refractivity contribution in [3.63, 3.8) is 0 Å². The largest absolute Gasteiger partial charge is 0.507 e. The van der Waals surface area contributed by atoms with Gasteiger partial charge in [0.15, 0.2) is 0 Å². The smallest absolute Gasteiger partial charge is 0.124 e. The fraction of sp³-hybridized carbons (Fsp3) is 0.150. The van der Waals surface area contributed by atoms with E-state index in [2.05, 4.69) is 22.4 Å². The number of hydrogen-bond donors (Lipinski definition) is 2. The highest BCUT2D eigenvalue weighted by atomic mass is 16.3. The number of rotatable bonds is 6. The molecule has 0 fully saturated rings. The molecule has 3 aromatic rings. The van der Waals surface area contributed by atoms with Crippen LogP contribution in [0.5, 0.6) is 5.75 Å². The van der Waals surface area contributed by atoms with Gasteiger partial charge < -0.3 is 10.4 Å². The van der Waals surface area contributed by atoms with Crippen LogP contribution in [0, 0.1) is 0 Å². The van der Waals surface area contributed by atoms with Gasteiger partial charge >= 0.3 is 0 Å². The number of aromatic hydroxyl groups is 1. The first kappa shape index (κ1) is 15.3. The highest BCUT2D eigenvalue weighted by molar-refractivity contribution is 6.02. The Bertz CT molecular complexity index is 797. The van der Waals surface area contributed by atoms with Crippen LogP contribution in [0.25, 0.3) is 10.8 Å². The van der Waals surface area contributed by atoms with Crippen LogP contribution in [-0.2, 0) is 6.54 Å². The number of phenolic OH excluding ortho intramolecular Hbond substituents is 1. The molecule has 0 unspecified atom stereocenters. The summed E-state index contributed by atoms with van der Waals surface area (Å²) >= 11 is 0. The number of aliphatic imine (C=N–C) groups is 1. The highest BCUT2D eigenvalue weighted by Gasteiger charge is 2.03. The Morgan fingerprint density at radius 3 is 2.57 bits per heavy atom. The minimum Gasteiger partial charge on any atom is -0.507 e. The van der Waals surface area contributed by atoms with Crippen molar-refractivity contribution in [3.8, 4) is 5.75 Å². The Balaban J connectivity index is 1.57. The number of fused-ring (bicyclic) bond motifs is 1. The van der Waals surface area contributed by atoms with Gasteiger partial charge in [0.1, 0.15) is 5.75 Å². The van der Waals surface area contributed by atoms with Gasteiger partial charge in [0.25, 0.3) is 0 Å². The van der Waals surface area contributed by atoms with Crippen molar-refractivity contribution in [1.82, 2.24) is 5.32 Å². The topological polar surface area (TPSA) is 44.6 Å². The second-order valence-electron chi connectivity index (χ2n) is 5.42. The molecule has 116 valence electrons. The Morgan fingerprint density at radius 1 is 0.913 bits per heavy atom. The molecule has 0 spiro atoms. The van der Waals surface area contributed by atoms with Crippen LogP contribution in [0.3, 0.4) is 0 Å². The summed E-state index contributed by atoms with van der Waals surface area (Å²) in [5.74, 6) is 0.268. The molecule has 3 aromatic carbocycles. The summed E-state index contributed by atoms with van der Waals surface area (Å²) in [4.78, 5) is 4.44. The second-order valence-corrected chi connectivity index (χ2v) is 5.42. The molecule has 0 bridgehead atoms. The number of nitrogens with zero attached hydrogens (tertiary/aromatic N) is 1. The van der Waals surface area contributed by atoms with Gasteiger partial charge in [-0.15, -0.1) is 0 Å². The van der Waals surface area contributed by atoms with Crippen LogP contribution in [0.15, 0.2) is 71.7 Å². The van der Waals surface area contributed by atoms with E-state index in [9.17, 15) is 5.11 Å². The van der Waals surface area contributed by atoms with Crippen molar-refractivity contribution in [1.29, 1.82) is 0 Å². The zero-order valence-electron chi connectivity index (χ0n) is 12.9. The maximum Gasteiger partial charge on any atom is 0.124 e. The first-order valence-electron chi connectivity index (χ1n) is 7.80. The van der Waals surface area contributed by atoms with Crippen molar-refractivity contribution < 1.29 is 5.11 Å². The summed E-state index contributed by atoms with van der Waals surface area (Å²) in [5, 5.41) is 15.5. The molecule has 0 saturated heterocycles. The Labute approximate surface area is 136 Å². The van der Waals surface area contributed by atoms with E-state index in [1.54, 1.807) is 12.3 Å². The normalized spacial score (nSPS) is 11.3. The third-order valence-electron chi connectivity index (χ3n) is 3.76. The summed E-state index contributed by atoms with van der Waals surface area (Å²) < 4.78 is 0. The summed E-state index contributed by atoms with van der Waals surface area (Å²) in [6, 6.07) is 21.9. The second kappa shape index (κ2) is 7.56. The van der Waals surface area contributed by atoms with Crippen LogP contribution in [-0.4, -0.2) is 24.4 Å². The van der Waals surface area contributed by atoms with Crippen LogP contribution >= 0.6 is 0 Å². The van der Waals surface area contributed by atoms with Crippen LogP contribution in [0.4, 0.5) is 0 Å². The molecule has 3 rings (SSSR count). The lowest BCUT2D eigenvalue weighted by Crippen LogP contribution is -2.16. The Hall–Kier alpha value is -2.65. The van der Waals surface area contributed by atoms with Crippen LogP contribution in [0.1, 0.15) is 11.1 Å². The standard InChI is InChI=1S/C20H20N2O/c23-20-11-10-17-8-4-5-9-18(17)19(20)15-22-13-12-21-14-16-6-2-1-3-7-16/h1-11,15,21,23H,12-14H2. The van der Waals surface area contributed by atoms with Gasteiger partial charge in [-0.2, -0.15) is 0 Å². The molecule has 0 aliphatic rings. The molecule has 3 heteroatoms. The lowest BCUT2D eigenvalue weighted by Gasteiger charge is -2.05. The Kier molecular flexibility index (Phi) is 5.02. The molecule has 0 aliphatic carbocycles. The van der Waals surface area contributed by atoms with E-state index in [0.717, 1.165) is 29.4 Å². The van der Waals surface area contributed by atoms with Gasteiger partial charge in [-0.05, 0) is 22.4 Å². The summed E-state index contributed by atoms with van der Waals surface area (Å²) in [6.07, 6.45) is 1.77. The molecular weight excluding hydrogens is 284 g/mol. The third-order valence-corrected chi connectivity index (χ3v) is 3.76. The third kappa shape index (κ3) is 3.96. The monoisotopic (exact) mass is 304 g/mol. The molecule has 2 N–H and O–H groups in total. The number of hydrogen-bond acceptors (Lipinski definition) is 3. The Morgan fingerprint density at radius 2 is 1.70 bits per heavy atom. The van der Waals surface area contributed by atoms with Crippen molar-refractivity contribution in [2.75, 3.05) is 13.1 Å². The molecule has 0 saturated carbocycles. The predicted molar refractivity (Wildman–Crippen MR) is 96.2 cm³/mol. The highest BCUT2D eigenvalue weighted by Crippen LogP contribution is 2.25. The minimum atomic E-state index is 0.268. The summed E-state index contributed by atoms with van der Waals surface area (Å²) in [7, 11) is 0. The molecule has 0 amide bonds. The van der Waals surface area contributed by atoms with Crippen LogP contribution in [0.2, 0.25) is 0 Å². The van der Waals surface area contributed by atoms with E-state index in [4.69, 9.17) is 0 Å². The fourth-order valence-corrected chi connectivity index (χ4v) is 2.55. The molecular formula is C20H20N2O. The lowest BCUT2D eigenvalue weighted by molar-refractivity contribution is 0.475. The zero-order chi connectivity index (χ0) is 15.9. The summed E-state index contributed by atoms with van der Waals surface area (Å²) in [5.41, 5.74) is 2.05. The average Bonchev–Trinajstić information content (AvgIpc) is 2.60. The van der Waals surface area contributed by atoms with E-state index >= 15 is 0 Å². The maximum absolute atomic E-state index is 10.1. The fourth-order valence-electron chi connectivity index (χ4n) is 2.55. The average molecular weight is 304 g/mol. The number of benzene rings is 3. The van der Waals surface area contributed by atoms with E-state index < -0.39 is 0 Å². The first-order valence-corrected chi connectivity index (χ1v) is 7.80. The molecule has 0 radical (unpaired) electrons. The van der Waals surface area contributed by atoms with Crippen LogP contribution < -0.4 is 5.32 Å². The van der Waals surface area contributed by atoms with Crippen molar-refractivity contribution in [2.24, 2.45) is 4.99 Å². The molecule has 0 heterocycles. The van der Waals surface area contributed by atoms with E-state index in [1.165, 1.54) is 5.56 Å². The van der Waals surface area contributed by atoms with E-state index in [1.807, 2.05) is 48.5 Å². The first-order chi connectivity index (χ1) is 11.3. The quantitative estimate of drug-likeness (QED) is 0.538. The van der Waals surface area contributed by atoms with Gasteiger partial charge in [0, 0.05) is 24.9 Å². The van der Waals surface area contributed by atoms with Gasteiger partial charge in [0.05, 0.1) is 6.54 Å². The lowest BCUT2D eigenvalue weighted by atomic mass is 10.0. The number of nitrogens with one attached hydrogen (secondary N) is 1. The van der Waals surface area contributed by atoms with Gasteiger partial charge in [-0.3, -0.25) is 4.99 Å². The minimum absolute atomic E-state index is 0.268. The maximum atomic E-state index is 10.1. The van der Waals surface area contributed by atoms with E-state index in [0.29, 0.717) is 6.54 Å². The van der Waals surface area contributed by atoms with Crippen molar-refractivity contribution >= 4 is 17.0 Å². The predicted octanol–water partition coefficient (Wildman–Crippen LogP) is 3.75. The SMILES string of the molecule is Oc1ccc2ccccc2c1C=NCCNCc1ccccc1. The molecule has 0 aliphatic heterocycles. The van der Waals surface area contributed by atoms with Gasteiger partial charge in [-0.1, -0.05) is 60.7 Å². The van der Waals surface area contributed by atoms with Crippen molar-refractivity contribution in [2.45, 2.75) is 6.54 Å².